The maximum Gasteiger partial charge on any atom is 0.121 e. The largest absolute Gasteiger partial charge is 0.298 e. The molecule has 3 nitrogen and oxygen atoms in total. The highest BCUT2D eigenvalue weighted by molar-refractivity contribution is 5.16. The van der Waals surface area contributed by atoms with E-state index >= 15 is 0 Å². The van der Waals surface area contributed by atoms with Gasteiger partial charge >= 0.3 is 0 Å². The lowest BCUT2D eigenvalue weighted by Gasteiger charge is -2.24. The first-order chi connectivity index (χ1) is 7.56. The molecule has 2 fully saturated rings. The van der Waals surface area contributed by atoms with Crippen molar-refractivity contribution in [1.82, 2.24) is 10.2 Å². The van der Waals surface area contributed by atoms with Crippen molar-refractivity contribution >= 4 is 0 Å². The van der Waals surface area contributed by atoms with Crippen LogP contribution in [0.4, 0.5) is 0 Å². The van der Waals surface area contributed by atoms with Crippen LogP contribution in [0.3, 0.4) is 0 Å². The number of hydrogen-bond donors (Lipinski definition) is 1. The SMILES string of the molecule is CC(C)CNC1(C#N)CC(C)N(C2CC2)C1. The minimum absolute atomic E-state index is 0.285. The van der Waals surface area contributed by atoms with Crippen LogP contribution >= 0.6 is 0 Å². The van der Waals surface area contributed by atoms with E-state index in [2.05, 4.69) is 37.1 Å². The molecule has 0 bridgehead atoms. The molecule has 90 valence electrons. The molecule has 0 aromatic rings. The molecular formula is C13H23N3. The highest BCUT2D eigenvalue weighted by atomic mass is 15.3. The fourth-order valence-corrected chi connectivity index (χ4v) is 2.70. The zero-order valence-corrected chi connectivity index (χ0v) is 10.7. The summed E-state index contributed by atoms with van der Waals surface area (Å²) < 4.78 is 0. The number of likely N-dealkylation sites (tertiary alicyclic amines) is 1. The van der Waals surface area contributed by atoms with Crippen LogP contribution in [0.25, 0.3) is 0 Å². The van der Waals surface area contributed by atoms with E-state index in [9.17, 15) is 5.26 Å². The normalized spacial score (nSPS) is 35.6. The molecule has 1 saturated heterocycles. The Hall–Kier alpha value is -0.590. The van der Waals surface area contributed by atoms with Crippen molar-refractivity contribution in [2.24, 2.45) is 5.92 Å². The van der Waals surface area contributed by atoms with E-state index in [1.807, 2.05) is 0 Å². The van der Waals surface area contributed by atoms with Crippen LogP contribution in [-0.2, 0) is 0 Å². The average molecular weight is 221 g/mol. The zero-order chi connectivity index (χ0) is 11.8. The van der Waals surface area contributed by atoms with Gasteiger partial charge < -0.3 is 0 Å². The summed E-state index contributed by atoms with van der Waals surface area (Å²) >= 11 is 0. The van der Waals surface area contributed by atoms with Crippen molar-refractivity contribution in [3.8, 4) is 6.07 Å². The monoisotopic (exact) mass is 221 g/mol. The third-order valence-electron chi connectivity index (χ3n) is 3.74. The van der Waals surface area contributed by atoms with E-state index in [4.69, 9.17) is 0 Å². The minimum atomic E-state index is -0.285. The second-order valence-corrected chi connectivity index (χ2v) is 5.93. The van der Waals surface area contributed by atoms with Crippen molar-refractivity contribution in [1.29, 1.82) is 5.26 Å². The molecule has 0 amide bonds. The first kappa shape index (κ1) is 11.9. The molecule has 2 atom stereocenters. The molecule has 2 aliphatic rings. The van der Waals surface area contributed by atoms with E-state index in [0.717, 1.165) is 25.6 Å². The van der Waals surface area contributed by atoms with E-state index in [1.165, 1.54) is 12.8 Å². The molecule has 16 heavy (non-hydrogen) atoms. The lowest BCUT2D eigenvalue weighted by Crippen LogP contribution is -2.47. The Labute approximate surface area is 98.8 Å². The number of rotatable bonds is 4. The molecule has 1 aliphatic carbocycles. The standard InChI is InChI=1S/C13H23N3/c1-10(2)7-15-13(8-14)6-11(3)16(9-13)12-4-5-12/h10-12,15H,4-7,9H2,1-3H3. The van der Waals surface area contributed by atoms with Crippen molar-refractivity contribution in [2.45, 2.75) is 57.7 Å². The molecule has 1 N–H and O–H groups in total. The van der Waals surface area contributed by atoms with Crippen LogP contribution in [0, 0.1) is 17.2 Å². The van der Waals surface area contributed by atoms with E-state index in [1.54, 1.807) is 0 Å². The highest BCUT2D eigenvalue weighted by Gasteiger charge is 2.47. The average Bonchev–Trinajstić information content (AvgIpc) is 3.01. The van der Waals surface area contributed by atoms with Crippen LogP contribution in [-0.4, -0.2) is 35.6 Å². The molecular weight excluding hydrogens is 198 g/mol. The quantitative estimate of drug-likeness (QED) is 0.786. The molecule has 1 saturated carbocycles. The third kappa shape index (κ3) is 2.39. The maximum absolute atomic E-state index is 9.43. The molecule has 2 unspecified atom stereocenters. The zero-order valence-electron chi connectivity index (χ0n) is 10.7. The van der Waals surface area contributed by atoms with Crippen molar-refractivity contribution in [2.75, 3.05) is 13.1 Å². The molecule has 1 heterocycles. The number of nitriles is 1. The van der Waals surface area contributed by atoms with Crippen molar-refractivity contribution < 1.29 is 0 Å². The minimum Gasteiger partial charge on any atom is -0.298 e. The van der Waals surface area contributed by atoms with Gasteiger partial charge in [0.1, 0.15) is 5.54 Å². The lowest BCUT2D eigenvalue weighted by molar-refractivity contribution is 0.249. The Morgan fingerprint density at radius 1 is 1.50 bits per heavy atom. The van der Waals surface area contributed by atoms with Crippen LogP contribution in [0.15, 0.2) is 0 Å². The van der Waals surface area contributed by atoms with Crippen molar-refractivity contribution in [3.63, 3.8) is 0 Å². The second kappa shape index (κ2) is 4.35. The molecule has 2 rings (SSSR count). The molecule has 0 aromatic carbocycles. The summed E-state index contributed by atoms with van der Waals surface area (Å²) in [7, 11) is 0. The first-order valence-corrected chi connectivity index (χ1v) is 6.48. The molecule has 1 aliphatic heterocycles. The van der Waals surface area contributed by atoms with Gasteiger partial charge in [0.05, 0.1) is 6.07 Å². The van der Waals surface area contributed by atoms with Gasteiger partial charge in [-0.25, -0.2) is 0 Å². The first-order valence-electron chi connectivity index (χ1n) is 6.48. The molecule has 3 heteroatoms. The van der Waals surface area contributed by atoms with Crippen LogP contribution in [0.2, 0.25) is 0 Å². The summed E-state index contributed by atoms with van der Waals surface area (Å²) in [5.74, 6) is 0.607. The number of nitrogens with one attached hydrogen (secondary N) is 1. The fraction of sp³-hybridized carbons (Fsp3) is 0.923. The highest BCUT2D eigenvalue weighted by Crippen LogP contribution is 2.36. The predicted molar refractivity (Wildman–Crippen MR) is 65.0 cm³/mol. The summed E-state index contributed by atoms with van der Waals surface area (Å²) in [4.78, 5) is 2.52. The van der Waals surface area contributed by atoms with E-state index in [-0.39, 0.29) is 5.54 Å². The Bertz CT molecular complexity index is 290. The van der Waals surface area contributed by atoms with Gasteiger partial charge in [-0.1, -0.05) is 13.8 Å². The van der Waals surface area contributed by atoms with Crippen LogP contribution in [0.1, 0.15) is 40.0 Å². The Morgan fingerprint density at radius 3 is 2.69 bits per heavy atom. The van der Waals surface area contributed by atoms with Gasteiger partial charge in [0.25, 0.3) is 0 Å². The summed E-state index contributed by atoms with van der Waals surface area (Å²) in [6.07, 6.45) is 3.64. The summed E-state index contributed by atoms with van der Waals surface area (Å²) in [5.41, 5.74) is -0.285. The Balaban J connectivity index is 1.97. The van der Waals surface area contributed by atoms with Crippen molar-refractivity contribution in [3.05, 3.63) is 0 Å². The molecule has 0 aromatic heterocycles. The number of nitrogens with zero attached hydrogens (tertiary/aromatic N) is 2. The topological polar surface area (TPSA) is 39.1 Å². The summed E-state index contributed by atoms with van der Waals surface area (Å²) in [6.45, 7) is 8.50. The van der Waals surface area contributed by atoms with Gasteiger partial charge in [-0.2, -0.15) is 5.26 Å². The van der Waals surface area contributed by atoms with E-state index < -0.39 is 0 Å². The van der Waals surface area contributed by atoms with Gasteiger partial charge in [0.2, 0.25) is 0 Å². The van der Waals surface area contributed by atoms with Gasteiger partial charge in [-0.15, -0.1) is 0 Å². The number of hydrogen-bond acceptors (Lipinski definition) is 3. The summed E-state index contributed by atoms with van der Waals surface area (Å²) in [5, 5.41) is 12.9. The van der Waals surface area contributed by atoms with E-state index in [0.29, 0.717) is 12.0 Å². The Morgan fingerprint density at radius 2 is 2.19 bits per heavy atom. The maximum atomic E-state index is 9.43. The molecule has 0 spiro atoms. The fourth-order valence-electron chi connectivity index (χ4n) is 2.70. The van der Waals surface area contributed by atoms with Crippen LogP contribution in [0.5, 0.6) is 0 Å². The molecule has 0 radical (unpaired) electrons. The van der Waals surface area contributed by atoms with Gasteiger partial charge in [-0.05, 0) is 38.6 Å². The van der Waals surface area contributed by atoms with Gasteiger partial charge in [-0.3, -0.25) is 10.2 Å². The third-order valence-corrected chi connectivity index (χ3v) is 3.74. The Kier molecular flexibility index (Phi) is 3.23. The lowest BCUT2D eigenvalue weighted by atomic mass is 9.97. The predicted octanol–water partition coefficient (Wildman–Crippen LogP) is 1.75. The summed E-state index contributed by atoms with van der Waals surface area (Å²) in [6, 6.07) is 3.85. The van der Waals surface area contributed by atoms with Gasteiger partial charge in [0, 0.05) is 18.6 Å². The van der Waals surface area contributed by atoms with Crippen LogP contribution < -0.4 is 5.32 Å². The smallest absolute Gasteiger partial charge is 0.121 e. The van der Waals surface area contributed by atoms with Gasteiger partial charge in [0.15, 0.2) is 0 Å². The second-order valence-electron chi connectivity index (χ2n) is 5.93.